The Morgan fingerprint density at radius 2 is 1.94 bits per heavy atom. The fraction of sp³-hybridized carbons (Fsp3) is 0.308. The lowest BCUT2D eigenvalue weighted by molar-refractivity contribution is 0.1000. The highest BCUT2D eigenvalue weighted by Crippen LogP contribution is 2.29. The van der Waals surface area contributed by atoms with E-state index < -0.39 is 5.91 Å². The van der Waals surface area contributed by atoms with Crippen molar-refractivity contribution in [1.29, 1.82) is 0 Å². The minimum atomic E-state index is -0.497. The Bertz CT molecular complexity index is 1020. The SMILES string of the molecule is Cc1cc(CN2CCCC(c3ccccc3)CC2)ccc1Oc1ccc(C(N)=O)cn1. The van der Waals surface area contributed by atoms with Crippen LogP contribution in [0.5, 0.6) is 11.6 Å². The zero-order valence-corrected chi connectivity index (χ0v) is 18.0. The van der Waals surface area contributed by atoms with E-state index in [1.165, 1.54) is 36.6 Å². The third-order valence-electron chi connectivity index (χ3n) is 5.97. The van der Waals surface area contributed by atoms with Crippen LogP contribution in [0.3, 0.4) is 0 Å². The van der Waals surface area contributed by atoms with Crippen LogP contribution in [0, 0.1) is 6.92 Å². The summed E-state index contributed by atoms with van der Waals surface area (Å²) in [6.45, 7) is 5.25. The number of hydrogen-bond acceptors (Lipinski definition) is 4. The van der Waals surface area contributed by atoms with Gasteiger partial charge in [0, 0.05) is 18.8 Å². The van der Waals surface area contributed by atoms with E-state index in [1.807, 2.05) is 13.0 Å². The smallest absolute Gasteiger partial charge is 0.250 e. The molecule has 1 atom stereocenters. The molecule has 3 aromatic rings. The zero-order chi connectivity index (χ0) is 21.6. The first-order chi connectivity index (χ1) is 15.1. The molecule has 1 aromatic heterocycles. The van der Waals surface area contributed by atoms with Crippen molar-refractivity contribution in [3.8, 4) is 11.6 Å². The van der Waals surface area contributed by atoms with Crippen molar-refractivity contribution < 1.29 is 9.53 Å². The van der Waals surface area contributed by atoms with Gasteiger partial charge in [0.1, 0.15) is 5.75 Å². The molecule has 1 fully saturated rings. The number of carbonyl (C=O) groups excluding carboxylic acids is 1. The molecule has 4 rings (SSSR count). The van der Waals surface area contributed by atoms with E-state index in [0.717, 1.165) is 30.9 Å². The van der Waals surface area contributed by atoms with Crippen molar-refractivity contribution in [3.05, 3.63) is 89.1 Å². The molecule has 0 saturated carbocycles. The molecule has 5 heteroatoms. The second kappa shape index (κ2) is 9.75. The Morgan fingerprint density at radius 3 is 2.65 bits per heavy atom. The summed E-state index contributed by atoms with van der Waals surface area (Å²) in [6, 6.07) is 20.5. The second-order valence-electron chi connectivity index (χ2n) is 8.27. The van der Waals surface area contributed by atoms with Gasteiger partial charge in [-0.1, -0.05) is 42.5 Å². The van der Waals surface area contributed by atoms with Crippen LogP contribution in [0.2, 0.25) is 0 Å². The lowest BCUT2D eigenvalue weighted by atomic mass is 9.92. The normalized spacial score (nSPS) is 17.1. The van der Waals surface area contributed by atoms with Crippen LogP contribution in [0.15, 0.2) is 66.9 Å². The van der Waals surface area contributed by atoms with Crippen molar-refractivity contribution in [3.63, 3.8) is 0 Å². The Morgan fingerprint density at radius 1 is 1.10 bits per heavy atom. The molecular formula is C26H29N3O2. The summed E-state index contributed by atoms with van der Waals surface area (Å²) in [5.74, 6) is 1.38. The van der Waals surface area contributed by atoms with E-state index in [4.69, 9.17) is 10.5 Å². The number of ether oxygens (including phenoxy) is 1. The van der Waals surface area contributed by atoms with Crippen molar-refractivity contribution in [2.24, 2.45) is 5.73 Å². The Hall–Kier alpha value is -3.18. The highest BCUT2D eigenvalue weighted by atomic mass is 16.5. The minimum absolute atomic E-state index is 0.367. The molecule has 1 unspecified atom stereocenters. The molecule has 2 heterocycles. The molecule has 160 valence electrons. The number of primary amides is 1. The maximum atomic E-state index is 11.2. The lowest BCUT2D eigenvalue weighted by Gasteiger charge is -2.21. The molecule has 0 spiro atoms. The topological polar surface area (TPSA) is 68.5 Å². The van der Waals surface area contributed by atoms with Crippen molar-refractivity contribution in [2.45, 2.75) is 38.6 Å². The molecule has 2 N–H and O–H groups in total. The second-order valence-corrected chi connectivity index (χ2v) is 8.27. The maximum Gasteiger partial charge on any atom is 0.250 e. The average Bonchev–Trinajstić information content (AvgIpc) is 3.02. The number of pyridine rings is 1. The molecule has 1 amide bonds. The number of benzene rings is 2. The molecule has 2 aromatic carbocycles. The predicted molar refractivity (Wildman–Crippen MR) is 122 cm³/mol. The van der Waals surface area contributed by atoms with E-state index in [0.29, 0.717) is 17.4 Å². The van der Waals surface area contributed by atoms with Crippen LogP contribution in [0.1, 0.15) is 52.2 Å². The number of hydrogen-bond donors (Lipinski definition) is 1. The van der Waals surface area contributed by atoms with Gasteiger partial charge < -0.3 is 10.5 Å². The Labute approximate surface area is 183 Å². The van der Waals surface area contributed by atoms with E-state index in [1.54, 1.807) is 12.1 Å². The van der Waals surface area contributed by atoms with Gasteiger partial charge in [-0.3, -0.25) is 9.69 Å². The van der Waals surface area contributed by atoms with Crippen LogP contribution in [-0.4, -0.2) is 28.9 Å². The summed E-state index contributed by atoms with van der Waals surface area (Å²) in [4.78, 5) is 17.9. The van der Waals surface area contributed by atoms with Crippen molar-refractivity contribution in [2.75, 3.05) is 13.1 Å². The van der Waals surface area contributed by atoms with Crippen LogP contribution in [0.25, 0.3) is 0 Å². The van der Waals surface area contributed by atoms with Gasteiger partial charge in [0.25, 0.3) is 0 Å². The van der Waals surface area contributed by atoms with Gasteiger partial charge >= 0.3 is 0 Å². The van der Waals surface area contributed by atoms with Gasteiger partial charge in [0.2, 0.25) is 11.8 Å². The molecule has 31 heavy (non-hydrogen) atoms. The number of aromatic nitrogens is 1. The number of nitrogens with two attached hydrogens (primary N) is 1. The third-order valence-corrected chi connectivity index (χ3v) is 5.97. The number of carbonyl (C=O) groups is 1. The molecule has 0 radical (unpaired) electrons. The molecule has 5 nitrogen and oxygen atoms in total. The maximum absolute atomic E-state index is 11.2. The Balaban J connectivity index is 1.36. The van der Waals surface area contributed by atoms with E-state index >= 15 is 0 Å². The molecule has 1 saturated heterocycles. The fourth-order valence-corrected chi connectivity index (χ4v) is 4.25. The molecule has 0 aliphatic carbocycles. The minimum Gasteiger partial charge on any atom is -0.439 e. The van der Waals surface area contributed by atoms with Gasteiger partial charge in [0.15, 0.2) is 0 Å². The molecule has 1 aliphatic heterocycles. The predicted octanol–water partition coefficient (Wildman–Crippen LogP) is 5.05. The van der Waals surface area contributed by atoms with E-state index in [9.17, 15) is 4.79 Å². The molecule has 1 aliphatic rings. The Kier molecular flexibility index (Phi) is 6.63. The van der Waals surface area contributed by atoms with Crippen LogP contribution in [-0.2, 0) is 6.54 Å². The van der Waals surface area contributed by atoms with E-state index in [-0.39, 0.29) is 0 Å². The van der Waals surface area contributed by atoms with Gasteiger partial charge in [-0.2, -0.15) is 0 Å². The fourth-order valence-electron chi connectivity index (χ4n) is 4.25. The highest BCUT2D eigenvalue weighted by Gasteiger charge is 2.18. The van der Waals surface area contributed by atoms with Crippen molar-refractivity contribution in [1.82, 2.24) is 9.88 Å². The van der Waals surface area contributed by atoms with Gasteiger partial charge in [-0.25, -0.2) is 4.98 Å². The lowest BCUT2D eigenvalue weighted by Crippen LogP contribution is -2.24. The first-order valence-electron chi connectivity index (χ1n) is 10.9. The summed E-state index contributed by atoms with van der Waals surface area (Å²) in [6.07, 6.45) is 5.13. The number of likely N-dealkylation sites (tertiary alicyclic amines) is 1. The summed E-state index contributed by atoms with van der Waals surface area (Å²) in [5.41, 5.74) is 9.45. The summed E-state index contributed by atoms with van der Waals surface area (Å²) in [7, 11) is 0. The molecular weight excluding hydrogens is 386 g/mol. The van der Waals surface area contributed by atoms with Crippen LogP contribution in [0.4, 0.5) is 0 Å². The first kappa shape index (κ1) is 21.1. The average molecular weight is 416 g/mol. The summed E-state index contributed by atoms with van der Waals surface area (Å²) < 4.78 is 5.90. The quantitative estimate of drug-likeness (QED) is 0.612. The summed E-state index contributed by atoms with van der Waals surface area (Å²) >= 11 is 0. The zero-order valence-electron chi connectivity index (χ0n) is 18.0. The largest absolute Gasteiger partial charge is 0.439 e. The van der Waals surface area contributed by atoms with Gasteiger partial charge in [0.05, 0.1) is 5.56 Å². The van der Waals surface area contributed by atoms with Crippen molar-refractivity contribution >= 4 is 5.91 Å². The monoisotopic (exact) mass is 415 g/mol. The number of amides is 1. The van der Waals surface area contributed by atoms with E-state index in [2.05, 4.69) is 52.3 Å². The van der Waals surface area contributed by atoms with Gasteiger partial charge in [-0.05, 0) is 74.0 Å². The summed E-state index contributed by atoms with van der Waals surface area (Å²) in [5, 5.41) is 0. The van der Waals surface area contributed by atoms with Crippen LogP contribution >= 0.6 is 0 Å². The van der Waals surface area contributed by atoms with Crippen LogP contribution < -0.4 is 10.5 Å². The standard InChI is InChI=1S/C26H29N3O2/c1-19-16-20(9-11-24(19)31-25-12-10-23(17-28-25)26(27)30)18-29-14-5-8-22(13-15-29)21-6-3-2-4-7-21/h2-4,6-7,9-12,16-17,22H,5,8,13-15,18H2,1H3,(H2,27,30). The molecule has 0 bridgehead atoms. The number of rotatable bonds is 6. The highest BCUT2D eigenvalue weighted by molar-refractivity contribution is 5.92. The van der Waals surface area contributed by atoms with Gasteiger partial charge in [-0.15, -0.1) is 0 Å². The first-order valence-corrected chi connectivity index (χ1v) is 10.9. The number of nitrogens with zero attached hydrogens (tertiary/aromatic N) is 2. The number of aryl methyl sites for hydroxylation is 1. The third kappa shape index (κ3) is 5.50.